The Morgan fingerprint density at radius 2 is 2.10 bits per heavy atom. The predicted octanol–water partition coefficient (Wildman–Crippen LogP) is 3.70. The number of alkyl halides is 2. The lowest BCUT2D eigenvalue weighted by Crippen LogP contribution is -2.13. The molecule has 0 aliphatic carbocycles. The van der Waals surface area contributed by atoms with Crippen LogP contribution in [0.3, 0.4) is 0 Å². The third-order valence-corrected chi connectivity index (χ3v) is 2.95. The molecule has 0 spiro atoms. The minimum atomic E-state index is -2.93. The van der Waals surface area contributed by atoms with Gasteiger partial charge in [-0.25, -0.2) is 4.98 Å². The first-order chi connectivity index (χ1) is 9.56. The van der Waals surface area contributed by atoms with E-state index in [1.54, 1.807) is 12.1 Å². The summed E-state index contributed by atoms with van der Waals surface area (Å²) in [6, 6.07) is 8.96. The second kappa shape index (κ2) is 6.42. The largest absolute Gasteiger partial charge is 0.435 e. The fourth-order valence-corrected chi connectivity index (χ4v) is 1.83. The Labute approximate surface area is 121 Å². The van der Waals surface area contributed by atoms with Crippen LogP contribution in [-0.2, 0) is 0 Å². The Bertz CT molecular complexity index is 623. The van der Waals surface area contributed by atoms with E-state index in [0.29, 0.717) is 10.3 Å². The molecule has 1 heterocycles. The number of carbonyl (C=O) groups is 1. The maximum Gasteiger partial charge on any atom is 0.387 e. The number of ether oxygens (including phenoxy) is 1. The summed E-state index contributed by atoms with van der Waals surface area (Å²) in [5.41, 5.74) is 0.195. The van der Waals surface area contributed by atoms with E-state index in [9.17, 15) is 13.6 Å². The van der Waals surface area contributed by atoms with Gasteiger partial charge in [0, 0.05) is 11.8 Å². The smallest absolute Gasteiger partial charge is 0.387 e. The van der Waals surface area contributed by atoms with Gasteiger partial charge >= 0.3 is 6.61 Å². The van der Waals surface area contributed by atoms with Crippen molar-refractivity contribution >= 4 is 27.7 Å². The first-order valence-corrected chi connectivity index (χ1v) is 6.32. The van der Waals surface area contributed by atoms with Crippen molar-refractivity contribution in [1.82, 2.24) is 4.98 Å². The van der Waals surface area contributed by atoms with Crippen LogP contribution in [0.25, 0.3) is 0 Å². The third-order valence-electron chi connectivity index (χ3n) is 2.31. The van der Waals surface area contributed by atoms with Crippen LogP contribution >= 0.6 is 15.9 Å². The number of anilines is 1. The van der Waals surface area contributed by atoms with E-state index in [1.165, 1.54) is 30.5 Å². The zero-order valence-corrected chi connectivity index (χ0v) is 11.6. The summed E-state index contributed by atoms with van der Waals surface area (Å²) in [6.45, 7) is -2.93. The molecule has 1 N–H and O–H groups in total. The summed E-state index contributed by atoms with van der Waals surface area (Å²) in [7, 11) is 0. The number of benzene rings is 1. The minimum absolute atomic E-state index is 0.0762. The number of pyridine rings is 1. The van der Waals surface area contributed by atoms with Crippen molar-refractivity contribution in [3.63, 3.8) is 0 Å². The van der Waals surface area contributed by atoms with Gasteiger partial charge in [0.05, 0.1) is 4.47 Å². The Balaban J connectivity index is 2.15. The number of amides is 1. The average molecular weight is 343 g/mol. The topological polar surface area (TPSA) is 51.2 Å². The summed E-state index contributed by atoms with van der Waals surface area (Å²) in [5.74, 6) is -0.200. The van der Waals surface area contributed by atoms with Crippen LogP contribution in [0.5, 0.6) is 5.75 Å². The van der Waals surface area contributed by atoms with Gasteiger partial charge in [0.25, 0.3) is 5.91 Å². The molecule has 0 atom stereocenters. The van der Waals surface area contributed by atoms with Crippen LogP contribution in [0, 0.1) is 0 Å². The van der Waals surface area contributed by atoms with Gasteiger partial charge in [0.2, 0.25) is 0 Å². The van der Waals surface area contributed by atoms with Crippen molar-refractivity contribution in [2.45, 2.75) is 6.61 Å². The molecule has 2 aromatic rings. The molecule has 104 valence electrons. The fourth-order valence-electron chi connectivity index (χ4n) is 1.47. The number of rotatable bonds is 4. The molecule has 0 saturated heterocycles. The summed E-state index contributed by atoms with van der Waals surface area (Å²) < 4.78 is 29.1. The van der Waals surface area contributed by atoms with Gasteiger partial charge in [-0.2, -0.15) is 8.78 Å². The Kier molecular flexibility index (Phi) is 4.62. The maximum absolute atomic E-state index is 12.1. The number of hydrogen-bond acceptors (Lipinski definition) is 3. The summed E-state index contributed by atoms with van der Waals surface area (Å²) >= 11 is 3.24. The van der Waals surface area contributed by atoms with Gasteiger partial charge < -0.3 is 10.1 Å². The summed E-state index contributed by atoms with van der Waals surface area (Å²) in [6.07, 6.45) is 1.52. The standard InChI is InChI=1S/C13H9BrF2N2O2/c14-10-5-2-6-17-11(10)18-12(19)8-3-1-4-9(7-8)20-13(15)16/h1-7,13H,(H,17,18,19). The molecule has 1 aromatic heterocycles. The predicted molar refractivity (Wildman–Crippen MR) is 73.0 cm³/mol. The third kappa shape index (κ3) is 3.74. The zero-order valence-electron chi connectivity index (χ0n) is 10.0. The van der Waals surface area contributed by atoms with Gasteiger partial charge in [0.15, 0.2) is 0 Å². The summed E-state index contributed by atoms with van der Waals surface area (Å²) in [4.78, 5) is 16.0. The van der Waals surface area contributed by atoms with Crippen LogP contribution in [0.2, 0.25) is 0 Å². The lowest BCUT2D eigenvalue weighted by Gasteiger charge is -2.08. The van der Waals surface area contributed by atoms with E-state index in [2.05, 4.69) is 31.0 Å². The second-order valence-electron chi connectivity index (χ2n) is 3.69. The van der Waals surface area contributed by atoms with Gasteiger partial charge in [0.1, 0.15) is 11.6 Å². The molecule has 0 aliphatic rings. The molecular weight excluding hydrogens is 334 g/mol. The van der Waals surface area contributed by atoms with E-state index in [0.717, 1.165) is 0 Å². The molecule has 0 aliphatic heterocycles. The summed E-state index contributed by atoms with van der Waals surface area (Å²) in [5, 5.41) is 2.57. The second-order valence-corrected chi connectivity index (χ2v) is 4.55. The molecule has 1 aromatic carbocycles. The molecule has 2 rings (SSSR count). The van der Waals surface area contributed by atoms with Gasteiger partial charge in [-0.3, -0.25) is 4.79 Å². The Morgan fingerprint density at radius 3 is 2.80 bits per heavy atom. The van der Waals surface area contributed by atoms with Crippen molar-refractivity contribution in [3.8, 4) is 5.75 Å². The van der Waals surface area contributed by atoms with Crippen molar-refractivity contribution in [2.75, 3.05) is 5.32 Å². The van der Waals surface area contributed by atoms with Crippen LogP contribution in [0.1, 0.15) is 10.4 Å². The van der Waals surface area contributed by atoms with E-state index in [-0.39, 0.29) is 11.3 Å². The normalized spacial score (nSPS) is 10.4. The monoisotopic (exact) mass is 342 g/mol. The van der Waals surface area contributed by atoms with E-state index in [4.69, 9.17) is 0 Å². The lowest BCUT2D eigenvalue weighted by atomic mass is 10.2. The Morgan fingerprint density at radius 1 is 1.30 bits per heavy atom. The number of hydrogen-bond donors (Lipinski definition) is 1. The van der Waals surface area contributed by atoms with Crippen molar-refractivity contribution in [3.05, 3.63) is 52.6 Å². The molecule has 0 fully saturated rings. The molecule has 20 heavy (non-hydrogen) atoms. The fraction of sp³-hybridized carbons (Fsp3) is 0.0769. The molecule has 0 saturated carbocycles. The number of nitrogens with zero attached hydrogens (tertiary/aromatic N) is 1. The number of aromatic nitrogens is 1. The molecule has 0 bridgehead atoms. The highest BCUT2D eigenvalue weighted by molar-refractivity contribution is 9.10. The molecule has 0 unspecified atom stereocenters. The number of halogens is 3. The first-order valence-electron chi connectivity index (χ1n) is 5.53. The van der Waals surface area contributed by atoms with Gasteiger partial charge in [-0.15, -0.1) is 0 Å². The first kappa shape index (κ1) is 14.4. The highest BCUT2D eigenvalue weighted by atomic mass is 79.9. The number of carbonyl (C=O) groups excluding carboxylic acids is 1. The Hall–Kier alpha value is -2.02. The van der Waals surface area contributed by atoms with Crippen LogP contribution in [0.15, 0.2) is 47.1 Å². The highest BCUT2D eigenvalue weighted by Crippen LogP contribution is 2.20. The highest BCUT2D eigenvalue weighted by Gasteiger charge is 2.11. The molecule has 4 nitrogen and oxygen atoms in total. The van der Waals surface area contributed by atoms with Gasteiger partial charge in [-0.1, -0.05) is 6.07 Å². The lowest BCUT2D eigenvalue weighted by molar-refractivity contribution is -0.0498. The maximum atomic E-state index is 12.1. The molecule has 1 amide bonds. The van der Waals surface area contributed by atoms with Crippen molar-refractivity contribution in [2.24, 2.45) is 0 Å². The minimum Gasteiger partial charge on any atom is -0.435 e. The molecule has 7 heteroatoms. The SMILES string of the molecule is O=C(Nc1ncccc1Br)c1cccc(OC(F)F)c1. The van der Waals surface area contributed by atoms with E-state index < -0.39 is 12.5 Å². The van der Waals surface area contributed by atoms with E-state index in [1.807, 2.05) is 0 Å². The van der Waals surface area contributed by atoms with Crippen LogP contribution in [0.4, 0.5) is 14.6 Å². The van der Waals surface area contributed by atoms with E-state index >= 15 is 0 Å². The van der Waals surface area contributed by atoms with Crippen molar-refractivity contribution in [1.29, 1.82) is 0 Å². The number of nitrogens with one attached hydrogen (secondary N) is 1. The molecular formula is C13H9BrF2N2O2. The quantitative estimate of drug-likeness (QED) is 0.921. The van der Waals surface area contributed by atoms with Gasteiger partial charge in [-0.05, 0) is 46.3 Å². The average Bonchev–Trinajstić information content (AvgIpc) is 2.41. The van der Waals surface area contributed by atoms with Crippen LogP contribution < -0.4 is 10.1 Å². The zero-order chi connectivity index (χ0) is 14.5. The van der Waals surface area contributed by atoms with Crippen LogP contribution in [-0.4, -0.2) is 17.5 Å². The molecule has 0 radical (unpaired) electrons. The van der Waals surface area contributed by atoms with Crippen molar-refractivity contribution < 1.29 is 18.3 Å².